The van der Waals surface area contributed by atoms with E-state index in [0.29, 0.717) is 26.8 Å². The Kier molecular flexibility index (Phi) is 3.23. The molecule has 3 aromatic rings. The van der Waals surface area contributed by atoms with Crippen LogP contribution in [0, 0.1) is 12.7 Å². The molecular weight excluding hydrogens is 299 g/mol. The van der Waals surface area contributed by atoms with Crippen LogP contribution in [0.2, 0.25) is 5.02 Å². The van der Waals surface area contributed by atoms with Crippen molar-refractivity contribution in [2.45, 2.75) is 6.92 Å². The molecule has 3 rings (SSSR count). The Morgan fingerprint density at radius 3 is 2.75 bits per heavy atom. The van der Waals surface area contributed by atoms with E-state index < -0.39 is 0 Å². The molecule has 0 saturated heterocycles. The molecule has 0 amide bonds. The number of hydrogen-bond acceptors (Lipinski definition) is 4. The fraction of sp³-hybridized carbons (Fsp3) is 0.0714. The Morgan fingerprint density at radius 1 is 1.35 bits per heavy atom. The summed E-state index contributed by atoms with van der Waals surface area (Å²) in [5, 5.41) is 6.22. The lowest BCUT2D eigenvalue weighted by molar-refractivity contribution is 0.437. The number of nitrogens with two attached hydrogens (primary N) is 1. The number of aromatic nitrogens is 1. The Bertz CT molecular complexity index is 781. The molecule has 0 aliphatic rings. The number of anilines is 1. The Labute approximate surface area is 123 Å². The average molecular weight is 309 g/mol. The van der Waals surface area contributed by atoms with Crippen molar-refractivity contribution in [1.29, 1.82) is 0 Å². The third-order valence-corrected chi connectivity index (χ3v) is 4.66. The van der Waals surface area contributed by atoms with Crippen molar-refractivity contribution in [1.82, 2.24) is 5.16 Å². The molecule has 0 bridgehead atoms. The second-order valence-corrected chi connectivity index (χ2v) is 5.57. The summed E-state index contributed by atoms with van der Waals surface area (Å²) in [4.78, 5) is 0.701. The van der Waals surface area contributed by atoms with Gasteiger partial charge in [-0.2, -0.15) is 0 Å². The number of rotatable bonds is 2. The molecule has 0 unspecified atom stereocenters. The standard InChI is InChI=1S/C14H10ClFN2OS/c1-7-6-20-13(11(7)15)12-10(14(17)18-19-12)8-4-2-3-5-9(8)16/h2-6H,1H3,(H2,17,18). The summed E-state index contributed by atoms with van der Waals surface area (Å²) in [6.45, 7) is 1.89. The average Bonchev–Trinajstić information content (AvgIpc) is 2.95. The molecule has 0 radical (unpaired) electrons. The van der Waals surface area contributed by atoms with Crippen LogP contribution < -0.4 is 5.73 Å². The molecule has 3 nitrogen and oxygen atoms in total. The van der Waals surface area contributed by atoms with Gasteiger partial charge in [0, 0.05) is 5.56 Å². The third kappa shape index (κ3) is 1.99. The maximum absolute atomic E-state index is 14.0. The van der Waals surface area contributed by atoms with Crippen molar-refractivity contribution in [3.8, 4) is 21.8 Å². The van der Waals surface area contributed by atoms with Gasteiger partial charge in [0.05, 0.1) is 15.5 Å². The van der Waals surface area contributed by atoms with Crippen LogP contribution in [0.15, 0.2) is 34.2 Å². The van der Waals surface area contributed by atoms with Crippen LogP contribution in [0.25, 0.3) is 21.8 Å². The van der Waals surface area contributed by atoms with Crippen LogP contribution in [-0.2, 0) is 0 Å². The molecule has 2 N–H and O–H groups in total. The predicted octanol–water partition coefficient (Wildman–Crippen LogP) is 4.75. The summed E-state index contributed by atoms with van der Waals surface area (Å²) in [6.07, 6.45) is 0. The van der Waals surface area contributed by atoms with Gasteiger partial charge >= 0.3 is 0 Å². The first kappa shape index (κ1) is 13.1. The van der Waals surface area contributed by atoms with E-state index in [9.17, 15) is 4.39 Å². The highest BCUT2D eigenvalue weighted by molar-refractivity contribution is 7.14. The summed E-state index contributed by atoms with van der Waals surface area (Å²) in [6, 6.07) is 6.35. The molecule has 0 atom stereocenters. The zero-order valence-corrected chi connectivity index (χ0v) is 12.1. The van der Waals surface area contributed by atoms with Crippen LogP contribution in [0.3, 0.4) is 0 Å². The highest BCUT2D eigenvalue weighted by Crippen LogP contribution is 2.44. The minimum absolute atomic E-state index is 0.146. The van der Waals surface area contributed by atoms with Crippen LogP contribution in [0.5, 0.6) is 0 Å². The molecule has 0 spiro atoms. The van der Waals surface area contributed by atoms with Gasteiger partial charge < -0.3 is 10.3 Å². The molecule has 0 aliphatic carbocycles. The van der Waals surface area contributed by atoms with E-state index >= 15 is 0 Å². The van der Waals surface area contributed by atoms with Gasteiger partial charge in [0.2, 0.25) is 0 Å². The number of halogens is 2. The minimum atomic E-state index is -0.381. The zero-order valence-electron chi connectivity index (χ0n) is 10.5. The molecular formula is C14H10ClFN2OS. The molecule has 0 saturated carbocycles. The lowest BCUT2D eigenvalue weighted by atomic mass is 10.0. The van der Waals surface area contributed by atoms with Gasteiger partial charge in [-0.15, -0.1) is 11.3 Å². The topological polar surface area (TPSA) is 52.0 Å². The minimum Gasteiger partial charge on any atom is -0.380 e. The molecule has 2 heterocycles. The quantitative estimate of drug-likeness (QED) is 0.743. The Morgan fingerprint density at radius 2 is 2.10 bits per heavy atom. The van der Waals surface area contributed by atoms with Crippen molar-refractivity contribution in [3.63, 3.8) is 0 Å². The van der Waals surface area contributed by atoms with Crippen molar-refractivity contribution in [3.05, 3.63) is 46.0 Å². The summed E-state index contributed by atoms with van der Waals surface area (Å²) >= 11 is 7.65. The lowest BCUT2D eigenvalue weighted by Gasteiger charge is -2.03. The predicted molar refractivity (Wildman–Crippen MR) is 79.4 cm³/mol. The van der Waals surface area contributed by atoms with Crippen LogP contribution in [-0.4, -0.2) is 5.16 Å². The molecule has 20 heavy (non-hydrogen) atoms. The smallest absolute Gasteiger partial charge is 0.188 e. The molecule has 0 fully saturated rings. The number of aryl methyl sites for hydroxylation is 1. The fourth-order valence-corrected chi connectivity index (χ4v) is 3.23. The van der Waals surface area contributed by atoms with Gasteiger partial charge in [0.25, 0.3) is 0 Å². The second kappa shape index (κ2) is 4.92. The summed E-state index contributed by atoms with van der Waals surface area (Å²) in [5.41, 5.74) is 7.55. The molecule has 102 valence electrons. The van der Waals surface area contributed by atoms with Gasteiger partial charge in [-0.1, -0.05) is 35.0 Å². The monoisotopic (exact) mass is 308 g/mol. The first-order valence-corrected chi connectivity index (χ1v) is 7.09. The van der Waals surface area contributed by atoms with Crippen molar-refractivity contribution in [2.75, 3.05) is 5.73 Å². The number of hydrogen-bond donors (Lipinski definition) is 1. The van der Waals surface area contributed by atoms with E-state index in [0.717, 1.165) is 5.56 Å². The van der Waals surface area contributed by atoms with E-state index in [2.05, 4.69) is 5.16 Å². The fourth-order valence-electron chi connectivity index (χ4n) is 1.96. The number of nitrogen functional groups attached to an aromatic ring is 1. The first-order chi connectivity index (χ1) is 9.59. The van der Waals surface area contributed by atoms with E-state index in [1.165, 1.54) is 17.4 Å². The van der Waals surface area contributed by atoms with Crippen molar-refractivity contribution >= 4 is 28.8 Å². The van der Waals surface area contributed by atoms with Crippen molar-refractivity contribution < 1.29 is 8.91 Å². The van der Waals surface area contributed by atoms with E-state index in [4.69, 9.17) is 21.9 Å². The number of thiophene rings is 1. The van der Waals surface area contributed by atoms with Crippen LogP contribution in [0.4, 0.5) is 10.2 Å². The highest BCUT2D eigenvalue weighted by atomic mass is 35.5. The first-order valence-electron chi connectivity index (χ1n) is 5.83. The maximum atomic E-state index is 14.0. The van der Waals surface area contributed by atoms with E-state index in [1.807, 2.05) is 12.3 Å². The largest absolute Gasteiger partial charge is 0.380 e. The van der Waals surface area contributed by atoms with Gasteiger partial charge in [-0.3, -0.25) is 0 Å². The third-order valence-electron chi connectivity index (χ3n) is 2.97. The van der Waals surface area contributed by atoms with E-state index in [-0.39, 0.29) is 11.6 Å². The Balaban J connectivity index is 2.26. The summed E-state index contributed by atoms with van der Waals surface area (Å²) < 4.78 is 19.2. The normalized spacial score (nSPS) is 10.9. The van der Waals surface area contributed by atoms with Crippen LogP contribution >= 0.6 is 22.9 Å². The Hall–Kier alpha value is -1.85. The van der Waals surface area contributed by atoms with Gasteiger partial charge in [-0.25, -0.2) is 4.39 Å². The van der Waals surface area contributed by atoms with Gasteiger partial charge in [0.15, 0.2) is 11.6 Å². The highest BCUT2D eigenvalue weighted by Gasteiger charge is 2.23. The molecule has 1 aromatic carbocycles. The van der Waals surface area contributed by atoms with Crippen molar-refractivity contribution in [2.24, 2.45) is 0 Å². The molecule has 2 aromatic heterocycles. The van der Waals surface area contributed by atoms with E-state index in [1.54, 1.807) is 18.2 Å². The summed E-state index contributed by atoms with van der Waals surface area (Å²) in [5.74, 6) is 0.163. The number of benzene rings is 1. The lowest BCUT2D eigenvalue weighted by Crippen LogP contribution is -1.91. The second-order valence-electron chi connectivity index (χ2n) is 4.31. The number of nitrogens with zero attached hydrogens (tertiary/aromatic N) is 1. The van der Waals surface area contributed by atoms with Crippen LogP contribution in [0.1, 0.15) is 5.56 Å². The van der Waals surface area contributed by atoms with Gasteiger partial charge in [0.1, 0.15) is 5.82 Å². The molecule has 6 heteroatoms. The van der Waals surface area contributed by atoms with Gasteiger partial charge in [-0.05, 0) is 23.9 Å². The SMILES string of the molecule is Cc1csc(-c2onc(N)c2-c2ccccc2F)c1Cl. The summed E-state index contributed by atoms with van der Waals surface area (Å²) in [7, 11) is 0. The zero-order chi connectivity index (χ0) is 14.3. The maximum Gasteiger partial charge on any atom is 0.188 e. The molecule has 0 aliphatic heterocycles.